The summed E-state index contributed by atoms with van der Waals surface area (Å²) in [5.41, 5.74) is 0. The number of rotatable bonds is 9. The highest BCUT2D eigenvalue weighted by Gasteiger charge is 1.98. The SMILES string of the molecule is COC(=O)NCCCCCCCCNC(=O)OI. The summed E-state index contributed by atoms with van der Waals surface area (Å²) in [5, 5.41) is 5.27. The molecule has 2 amide bonds. The van der Waals surface area contributed by atoms with Gasteiger partial charge in [0.15, 0.2) is 23.0 Å². The van der Waals surface area contributed by atoms with Crippen molar-refractivity contribution < 1.29 is 17.4 Å². The number of unbranched alkanes of at least 4 members (excludes halogenated alkanes) is 5. The summed E-state index contributed by atoms with van der Waals surface area (Å²) < 4.78 is 8.88. The van der Waals surface area contributed by atoms with E-state index in [2.05, 4.69) is 18.4 Å². The first-order valence-corrected chi connectivity index (χ1v) is 6.97. The number of amides is 2. The van der Waals surface area contributed by atoms with Crippen LogP contribution in [-0.2, 0) is 7.80 Å². The quantitative estimate of drug-likeness (QED) is 0.482. The highest BCUT2D eigenvalue weighted by atomic mass is 127. The van der Waals surface area contributed by atoms with Crippen LogP contribution in [0.4, 0.5) is 9.59 Å². The molecule has 0 rings (SSSR count). The van der Waals surface area contributed by atoms with E-state index in [0.717, 1.165) is 38.5 Å². The van der Waals surface area contributed by atoms with E-state index in [1.54, 1.807) is 23.0 Å². The first kappa shape index (κ1) is 17.3. The Morgan fingerprint density at radius 1 is 0.889 bits per heavy atom. The van der Waals surface area contributed by atoms with E-state index in [1.165, 1.54) is 7.11 Å². The van der Waals surface area contributed by atoms with E-state index < -0.39 is 0 Å². The Morgan fingerprint density at radius 3 is 1.78 bits per heavy atom. The van der Waals surface area contributed by atoms with Gasteiger partial charge in [0, 0.05) is 13.1 Å². The second kappa shape index (κ2) is 12.7. The van der Waals surface area contributed by atoms with Gasteiger partial charge in [-0.25, -0.2) is 9.59 Å². The molecule has 0 heterocycles. The van der Waals surface area contributed by atoms with Gasteiger partial charge in [0.05, 0.1) is 7.11 Å². The van der Waals surface area contributed by atoms with E-state index in [0.29, 0.717) is 13.1 Å². The van der Waals surface area contributed by atoms with Crippen molar-refractivity contribution in [2.24, 2.45) is 0 Å². The lowest BCUT2D eigenvalue weighted by Crippen LogP contribution is -2.23. The normalized spacial score (nSPS) is 9.67. The third-order valence-corrected chi connectivity index (χ3v) is 2.80. The Hall–Kier alpha value is -0.730. The number of carbonyl (C=O) groups is 2. The maximum absolute atomic E-state index is 10.7. The number of hydrogen-bond acceptors (Lipinski definition) is 4. The Balaban J connectivity index is 3.07. The fourth-order valence-corrected chi connectivity index (χ4v) is 1.59. The van der Waals surface area contributed by atoms with Crippen molar-refractivity contribution in [1.29, 1.82) is 0 Å². The average Bonchev–Trinajstić information content (AvgIpc) is 2.40. The van der Waals surface area contributed by atoms with Gasteiger partial charge in [0.2, 0.25) is 0 Å². The Kier molecular flexibility index (Phi) is 12.2. The van der Waals surface area contributed by atoms with E-state index in [-0.39, 0.29) is 12.2 Å². The molecule has 0 aliphatic heterocycles. The predicted molar refractivity (Wildman–Crippen MR) is 76.6 cm³/mol. The summed E-state index contributed by atoms with van der Waals surface area (Å²) in [5.74, 6) is 0. The highest BCUT2D eigenvalue weighted by Crippen LogP contribution is 2.04. The van der Waals surface area contributed by atoms with Crippen molar-refractivity contribution in [2.45, 2.75) is 38.5 Å². The highest BCUT2D eigenvalue weighted by molar-refractivity contribution is 14.1. The van der Waals surface area contributed by atoms with E-state index in [9.17, 15) is 9.59 Å². The number of nitrogens with one attached hydrogen (secondary N) is 2. The van der Waals surface area contributed by atoms with Gasteiger partial charge >= 0.3 is 12.2 Å². The van der Waals surface area contributed by atoms with Crippen molar-refractivity contribution in [3.63, 3.8) is 0 Å². The first-order chi connectivity index (χ1) is 8.70. The van der Waals surface area contributed by atoms with Crippen LogP contribution in [0.2, 0.25) is 0 Å². The van der Waals surface area contributed by atoms with Gasteiger partial charge in [-0.2, -0.15) is 0 Å². The molecule has 106 valence electrons. The second-order valence-electron chi connectivity index (χ2n) is 3.83. The number of methoxy groups -OCH3 is 1. The van der Waals surface area contributed by atoms with Crippen LogP contribution in [-0.4, -0.2) is 32.4 Å². The standard InChI is InChI=1S/C11H21IN2O4/c1-17-10(15)13-8-6-4-2-3-5-7-9-14-11(16)18-12/h2-9H2,1H3,(H,13,15)(H,14,16). The summed E-state index contributed by atoms with van der Waals surface area (Å²) in [6, 6.07) is 0. The monoisotopic (exact) mass is 372 g/mol. The van der Waals surface area contributed by atoms with Crippen molar-refractivity contribution in [3.8, 4) is 0 Å². The number of alkyl carbamates (subject to hydrolysis) is 1. The zero-order valence-electron chi connectivity index (χ0n) is 10.7. The summed E-state index contributed by atoms with van der Waals surface area (Å²) in [4.78, 5) is 21.4. The summed E-state index contributed by atoms with van der Waals surface area (Å²) in [7, 11) is 1.36. The van der Waals surface area contributed by atoms with Crippen LogP contribution in [0.1, 0.15) is 38.5 Å². The molecule has 0 saturated carbocycles. The lowest BCUT2D eigenvalue weighted by atomic mass is 10.1. The van der Waals surface area contributed by atoms with Gasteiger partial charge in [-0.05, 0) is 12.8 Å². The molecule has 18 heavy (non-hydrogen) atoms. The van der Waals surface area contributed by atoms with Crippen molar-refractivity contribution in [3.05, 3.63) is 0 Å². The molecule has 0 unspecified atom stereocenters. The van der Waals surface area contributed by atoms with Crippen LogP contribution in [0.15, 0.2) is 0 Å². The molecule has 0 atom stereocenters. The van der Waals surface area contributed by atoms with Crippen LogP contribution >= 0.6 is 23.0 Å². The van der Waals surface area contributed by atoms with Gasteiger partial charge in [-0.1, -0.05) is 25.7 Å². The molecule has 0 aromatic heterocycles. The lowest BCUT2D eigenvalue weighted by molar-refractivity contribution is 0.171. The molecule has 0 fully saturated rings. The Bertz CT molecular complexity index is 215. The molecule has 0 aliphatic carbocycles. The third kappa shape index (κ3) is 11.7. The molecule has 0 aliphatic rings. The summed E-state index contributed by atoms with van der Waals surface area (Å²) >= 11 is 1.56. The minimum atomic E-state index is -0.385. The molecule has 6 nitrogen and oxygen atoms in total. The summed E-state index contributed by atoms with van der Waals surface area (Å²) in [6.07, 6.45) is 5.63. The van der Waals surface area contributed by atoms with Crippen LogP contribution in [0.25, 0.3) is 0 Å². The maximum atomic E-state index is 10.7. The minimum absolute atomic E-state index is 0.372. The molecule has 2 N–H and O–H groups in total. The zero-order valence-corrected chi connectivity index (χ0v) is 12.8. The molecule has 7 heteroatoms. The molecule has 0 radical (unpaired) electrons. The number of ether oxygens (including phenoxy) is 1. The zero-order chi connectivity index (χ0) is 13.6. The number of halogens is 1. The lowest BCUT2D eigenvalue weighted by Gasteiger charge is -2.04. The van der Waals surface area contributed by atoms with E-state index in [4.69, 9.17) is 0 Å². The fourth-order valence-electron chi connectivity index (χ4n) is 1.44. The van der Waals surface area contributed by atoms with Crippen molar-refractivity contribution in [2.75, 3.05) is 20.2 Å². The Morgan fingerprint density at radius 2 is 1.33 bits per heavy atom. The van der Waals surface area contributed by atoms with Crippen LogP contribution in [0, 0.1) is 0 Å². The van der Waals surface area contributed by atoms with Gasteiger partial charge in [-0.3, -0.25) is 0 Å². The summed E-state index contributed by atoms with van der Waals surface area (Å²) in [6.45, 7) is 1.32. The van der Waals surface area contributed by atoms with Gasteiger partial charge < -0.3 is 18.4 Å². The topological polar surface area (TPSA) is 76.7 Å². The molecular weight excluding hydrogens is 351 g/mol. The predicted octanol–water partition coefficient (Wildman–Crippen LogP) is 2.76. The van der Waals surface area contributed by atoms with Gasteiger partial charge in [0.1, 0.15) is 0 Å². The molecule has 0 saturated heterocycles. The molecule has 0 spiro atoms. The van der Waals surface area contributed by atoms with E-state index >= 15 is 0 Å². The fraction of sp³-hybridized carbons (Fsp3) is 0.818. The molecular formula is C11H21IN2O4. The maximum Gasteiger partial charge on any atom is 0.416 e. The molecule has 0 aromatic carbocycles. The third-order valence-electron chi connectivity index (χ3n) is 2.40. The average molecular weight is 372 g/mol. The molecule has 0 bridgehead atoms. The first-order valence-electron chi connectivity index (χ1n) is 6.09. The smallest absolute Gasteiger partial charge is 0.416 e. The van der Waals surface area contributed by atoms with Gasteiger partial charge in [-0.15, -0.1) is 0 Å². The molecule has 0 aromatic rings. The van der Waals surface area contributed by atoms with Crippen molar-refractivity contribution in [1.82, 2.24) is 10.6 Å². The Labute approximate surface area is 122 Å². The van der Waals surface area contributed by atoms with Crippen LogP contribution in [0.3, 0.4) is 0 Å². The van der Waals surface area contributed by atoms with Crippen LogP contribution in [0.5, 0.6) is 0 Å². The van der Waals surface area contributed by atoms with E-state index in [1.807, 2.05) is 0 Å². The second-order valence-corrected chi connectivity index (χ2v) is 4.27. The van der Waals surface area contributed by atoms with Gasteiger partial charge in [0.25, 0.3) is 0 Å². The number of hydrogen-bond donors (Lipinski definition) is 2. The van der Waals surface area contributed by atoms with Crippen molar-refractivity contribution >= 4 is 35.2 Å². The largest absolute Gasteiger partial charge is 0.453 e. The van der Waals surface area contributed by atoms with Crippen LogP contribution < -0.4 is 10.6 Å². The minimum Gasteiger partial charge on any atom is -0.453 e. The number of carbonyl (C=O) groups excluding carboxylic acids is 2.